The normalized spacial score (nSPS) is 10.7. The van der Waals surface area contributed by atoms with Crippen molar-refractivity contribution in [2.75, 3.05) is 5.32 Å². The molecule has 0 radical (unpaired) electrons. The second kappa shape index (κ2) is 6.09. The lowest BCUT2D eigenvalue weighted by atomic mass is 9.80. The van der Waals surface area contributed by atoms with E-state index in [0.717, 1.165) is 10.9 Å². The fourth-order valence-electron chi connectivity index (χ4n) is 2.16. The molecule has 5 nitrogen and oxygen atoms in total. The Morgan fingerprint density at radius 2 is 1.82 bits per heavy atom. The Morgan fingerprint density at radius 1 is 1.05 bits per heavy atom. The van der Waals surface area contributed by atoms with Crippen LogP contribution in [0.2, 0.25) is 0 Å². The number of hydrogen-bond acceptors (Lipinski definition) is 5. The molecule has 0 amide bonds. The van der Waals surface area contributed by atoms with E-state index in [1.807, 2.05) is 0 Å². The Balaban J connectivity index is 1.79. The molecular formula is C15H13BFN3O2. The summed E-state index contributed by atoms with van der Waals surface area (Å²) in [5.41, 5.74) is 1.93. The van der Waals surface area contributed by atoms with E-state index in [-0.39, 0.29) is 5.82 Å². The van der Waals surface area contributed by atoms with E-state index in [9.17, 15) is 4.39 Å². The van der Waals surface area contributed by atoms with Gasteiger partial charge in [-0.3, -0.25) is 0 Å². The molecule has 3 N–H and O–H groups in total. The van der Waals surface area contributed by atoms with Crippen molar-refractivity contribution in [3.05, 3.63) is 60.2 Å². The Morgan fingerprint density at radius 3 is 2.55 bits per heavy atom. The number of hydrogen-bond donors (Lipinski definition) is 3. The maximum absolute atomic E-state index is 13.2. The zero-order valence-electron chi connectivity index (χ0n) is 11.6. The van der Waals surface area contributed by atoms with Gasteiger partial charge < -0.3 is 15.4 Å². The Hall–Kier alpha value is -2.51. The summed E-state index contributed by atoms with van der Waals surface area (Å²) in [6.45, 7) is 0.505. The van der Waals surface area contributed by atoms with Crippen LogP contribution in [-0.2, 0) is 6.54 Å². The number of halogens is 1. The number of nitrogens with zero attached hydrogens (tertiary/aromatic N) is 2. The van der Waals surface area contributed by atoms with Crippen LogP contribution in [-0.4, -0.2) is 27.1 Å². The molecule has 0 aliphatic carbocycles. The summed E-state index contributed by atoms with van der Waals surface area (Å²) in [4.78, 5) is 8.21. The van der Waals surface area contributed by atoms with Crippen molar-refractivity contribution in [2.24, 2.45) is 0 Å². The third kappa shape index (κ3) is 3.05. The second-order valence-electron chi connectivity index (χ2n) is 4.85. The van der Waals surface area contributed by atoms with Crippen LogP contribution in [0.25, 0.3) is 10.9 Å². The van der Waals surface area contributed by atoms with Gasteiger partial charge in [-0.1, -0.05) is 24.3 Å². The smallest absolute Gasteiger partial charge is 0.423 e. The summed E-state index contributed by atoms with van der Waals surface area (Å²) >= 11 is 0. The van der Waals surface area contributed by atoms with E-state index < -0.39 is 7.12 Å². The zero-order valence-corrected chi connectivity index (χ0v) is 11.6. The van der Waals surface area contributed by atoms with Gasteiger partial charge in [0.05, 0.1) is 5.52 Å². The lowest BCUT2D eigenvalue weighted by molar-refractivity contribution is 0.426. The fourth-order valence-corrected chi connectivity index (χ4v) is 2.16. The van der Waals surface area contributed by atoms with Gasteiger partial charge in [0.25, 0.3) is 0 Å². The standard InChI is InChI=1S/C15H13BFN3O2/c17-12-5-6-13-14(7-12)19-9-20-15(13)18-8-10-1-3-11(4-2-10)16(21)22/h1-7,9,21-22H,8H2,(H,18,19,20). The van der Waals surface area contributed by atoms with E-state index >= 15 is 0 Å². The van der Waals surface area contributed by atoms with Crippen molar-refractivity contribution in [3.63, 3.8) is 0 Å². The first-order valence-corrected chi connectivity index (χ1v) is 6.72. The predicted molar refractivity (Wildman–Crippen MR) is 83.1 cm³/mol. The quantitative estimate of drug-likeness (QED) is 0.628. The van der Waals surface area contributed by atoms with Crippen molar-refractivity contribution in [1.82, 2.24) is 9.97 Å². The number of anilines is 1. The van der Waals surface area contributed by atoms with Crippen molar-refractivity contribution >= 4 is 29.3 Å². The van der Waals surface area contributed by atoms with Gasteiger partial charge in [-0.2, -0.15) is 0 Å². The molecule has 7 heteroatoms. The molecule has 0 unspecified atom stereocenters. The summed E-state index contributed by atoms with van der Waals surface area (Å²) in [5, 5.41) is 22.0. The van der Waals surface area contributed by atoms with Gasteiger partial charge in [0.15, 0.2) is 0 Å². The fraction of sp³-hybridized carbons (Fsp3) is 0.0667. The molecule has 22 heavy (non-hydrogen) atoms. The Bertz CT molecular complexity index is 796. The average Bonchev–Trinajstić information content (AvgIpc) is 2.52. The van der Waals surface area contributed by atoms with Gasteiger partial charge in [-0.15, -0.1) is 0 Å². The zero-order chi connectivity index (χ0) is 15.5. The van der Waals surface area contributed by atoms with Crippen molar-refractivity contribution in [1.29, 1.82) is 0 Å². The molecule has 2 aromatic carbocycles. The van der Waals surface area contributed by atoms with Crippen LogP contribution in [0.1, 0.15) is 5.56 Å². The highest BCUT2D eigenvalue weighted by molar-refractivity contribution is 6.58. The van der Waals surface area contributed by atoms with Crippen LogP contribution < -0.4 is 10.8 Å². The minimum Gasteiger partial charge on any atom is -0.423 e. The second-order valence-corrected chi connectivity index (χ2v) is 4.85. The number of fused-ring (bicyclic) bond motifs is 1. The van der Waals surface area contributed by atoms with Gasteiger partial charge in [0, 0.05) is 18.0 Å². The molecule has 3 rings (SSSR count). The van der Waals surface area contributed by atoms with Gasteiger partial charge in [0.1, 0.15) is 18.0 Å². The highest BCUT2D eigenvalue weighted by Crippen LogP contribution is 2.20. The van der Waals surface area contributed by atoms with E-state index in [0.29, 0.717) is 23.3 Å². The number of aromatic nitrogens is 2. The molecule has 0 saturated carbocycles. The lowest BCUT2D eigenvalue weighted by Crippen LogP contribution is -2.29. The average molecular weight is 297 g/mol. The highest BCUT2D eigenvalue weighted by Gasteiger charge is 2.10. The maximum Gasteiger partial charge on any atom is 0.488 e. The van der Waals surface area contributed by atoms with E-state index in [2.05, 4.69) is 15.3 Å². The summed E-state index contributed by atoms with van der Waals surface area (Å²) in [6, 6.07) is 11.3. The van der Waals surface area contributed by atoms with Crippen LogP contribution in [0.5, 0.6) is 0 Å². The van der Waals surface area contributed by atoms with Crippen molar-refractivity contribution in [2.45, 2.75) is 6.54 Å². The molecule has 1 heterocycles. The summed E-state index contributed by atoms with van der Waals surface area (Å²) in [6.07, 6.45) is 1.38. The number of rotatable bonds is 4. The van der Waals surface area contributed by atoms with Gasteiger partial charge in [-0.25, -0.2) is 14.4 Å². The van der Waals surface area contributed by atoms with E-state index in [4.69, 9.17) is 10.0 Å². The molecule has 1 aromatic heterocycles. The lowest BCUT2D eigenvalue weighted by Gasteiger charge is -2.09. The predicted octanol–water partition coefficient (Wildman–Crippen LogP) is 1.06. The molecule has 0 fully saturated rings. The minimum atomic E-state index is -1.47. The van der Waals surface area contributed by atoms with Crippen LogP contribution in [0, 0.1) is 5.82 Å². The molecule has 0 spiro atoms. The monoisotopic (exact) mass is 297 g/mol. The molecular weight excluding hydrogens is 284 g/mol. The van der Waals surface area contributed by atoms with Crippen molar-refractivity contribution in [3.8, 4) is 0 Å². The van der Waals surface area contributed by atoms with Gasteiger partial charge in [-0.05, 0) is 23.2 Å². The molecule has 0 saturated heterocycles. The Labute approximate surface area is 126 Å². The minimum absolute atomic E-state index is 0.338. The topological polar surface area (TPSA) is 78.3 Å². The third-order valence-corrected chi connectivity index (χ3v) is 3.34. The maximum atomic E-state index is 13.2. The molecule has 0 aliphatic heterocycles. The van der Waals surface area contributed by atoms with Gasteiger partial charge >= 0.3 is 7.12 Å². The van der Waals surface area contributed by atoms with E-state index in [1.54, 1.807) is 30.3 Å². The van der Waals surface area contributed by atoms with Crippen LogP contribution in [0.3, 0.4) is 0 Å². The molecule has 0 atom stereocenters. The third-order valence-electron chi connectivity index (χ3n) is 3.34. The molecule has 0 bridgehead atoms. The largest absolute Gasteiger partial charge is 0.488 e. The molecule has 0 aliphatic rings. The van der Waals surface area contributed by atoms with Crippen molar-refractivity contribution < 1.29 is 14.4 Å². The summed E-state index contributed by atoms with van der Waals surface area (Å²) in [5.74, 6) is 0.284. The summed E-state index contributed by atoms with van der Waals surface area (Å²) in [7, 11) is -1.47. The first kappa shape index (κ1) is 14.4. The number of nitrogens with one attached hydrogen (secondary N) is 1. The number of benzene rings is 2. The van der Waals surface area contributed by atoms with Gasteiger partial charge in [0.2, 0.25) is 0 Å². The SMILES string of the molecule is OB(O)c1ccc(CNc2ncnc3cc(F)ccc23)cc1. The van der Waals surface area contributed by atoms with Crippen LogP contribution in [0.4, 0.5) is 10.2 Å². The van der Waals surface area contributed by atoms with Crippen LogP contribution in [0.15, 0.2) is 48.8 Å². The highest BCUT2D eigenvalue weighted by atomic mass is 19.1. The first-order chi connectivity index (χ1) is 10.6. The molecule has 110 valence electrons. The van der Waals surface area contributed by atoms with Crippen LogP contribution >= 0.6 is 0 Å². The molecule has 3 aromatic rings. The van der Waals surface area contributed by atoms with E-state index in [1.165, 1.54) is 18.5 Å². The Kier molecular flexibility index (Phi) is 3.99. The summed E-state index contributed by atoms with van der Waals surface area (Å²) < 4.78 is 13.2. The first-order valence-electron chi connectivity index (χ1n) is 6.72.